The van der Waals surface area contributed by atoms with E-state index in [-0.39, 0.29) is 35.9 Å². The van der Waals surface area contributed by atoms with Crippen LogP contribution in [0.2, 0.25) is 0 Å². The lowest BCUT2D eigenvalue weighted by Gasteiger charge is -2.19. The SMILES string of the molecule is CN=C(NCc1ccc(F)cc1)NCC(C)Oc1ccccc1OC.I. The largest absolute Gasteiger partial charge is 0.493 e. The molecule has 0 saturated carbocycles. The third kappa shape index (κ3) is 7.07. The highest BCUT2D eigenvalue weighted by Crippen LogP contribution is 2.26. The average molecular weight is 473 g/mol. The zero-order valence-electron chi connectivity index (χ0n) is 15.2. The van der Waals surface area contributed by atoms with Crippen molar-refractivity contribution in [1.82, 2.24) is 10.6 Å². The summed E-state index contributed by atoms with van der Waals surface area (Å²) in [5, 5.41) is 6.39. The summed E-state index contributed by atoms with van der Waals surface area (Å²) in [5.41, 5.74) is 0.975. The minimum absolute atomic E-state index is 0. The van der Waals surface area contributed by atoms with Gasteiger partial charge in [0.1, 0.15) is 11.9 Å². The van der Waals surface area contributed by atoms with E-state index in [0.717, 1.165) is 5.56 Å². The van der Waals surface area contributed by atoms with Crippen LogP contribution in [0, 0.1) is 5.82 Å². The van der Waals surface area contributed by atoms with Crippen molar-refractivity contribution in [1.29, 1.82) is 0 Å². The molecule has 26 heavy (non-hydrogen) atoms. The molecule has 5 nitrogen and oxygen atoms in total. The van der Waals surface area contributed by atoms with Crippen LogP contribution in [-0.2, 0) is 6.54 Å². The van der Waals surface area contributed by atoms with E-state index in [4.69, 9.17) is 9.47 Å². The molecule has 142 valence electrons. The summed E-state index contributed by atoms with van der Waals surface area (Å²) in [4.78, 5) is 4.17. The molecule has 0 aliphatic rings. The first kappa shape index (κ1) is 22.0. The van der Waals surface area contributed by atoms with Crippen LogP contribution in [0.5, 0.6) is 11.5 Å². The van der Waals surface area contributed by atoms with Gasteiger partial charge in [0.25, 0.3) is 0 Å². The summed E-state index contributed by atoms with van der Waals surface area (Å²) in [6, 6.07) is 13.9. The number of methoxy groups -OCH3 is 1. The van der Waals surface area contributed by atoms with Gasteiger partial charge < -0.3 is 20.1 Å². The van der Waals surface area contributed by atoms with Crippen LogP contribution < -0.4 is 20.1 Å². The Morgan fingerprint density at radius 3 is 2.35 bits per heavy atom. The van der Waals surface area contributed by atoms with Crippen LogP contribution in [0.25, 0.3) is 0 Å². The molecule has 0 aliphatic heterocycles. The van der Waals surface area contributed by atoms with Crippen LogP contribution in [0.4, 0.5) is 4.39 Å². The van der Waals surface area contributed by atoms with Crippen LogP contribution in [-0.4, -0.2) is 32.8 Å². The molecule has 0 amide bonds. The van der Waals surface area contributed by atoms with Gasteiger partial charge in [0, 0.05) is 13.6 Å². The number of nitrogens with zero attached hydrogens (tertiary/aromatic N) is 1. The summed E-state index contributed by atoms with van der Waals surface area (Å²) in [6.07, 6.45) is -0.0827. The summed E-state index contributed by atoms with van der Waals surface area (Å²) in [7, 11) is 3.32. The topological polar surface area (TPSA) is 54.9 Å². The zero-order chi connectivity index (χ0) is 18.1. The van der Waals surface area contributed by atoms with Gasteiger partial charge >= 0.3 is 0 Å². The Morgan fingerprint density at radius 2 is 1.73 bits per heavy atom. The molecule has 0 aliphatic carbocycles. The number of aliphatic imine (C=N–C) groups is 1. The fourth-order valence-electron chi connectivity index (χ4n) is 2.22. The van der Waals surface area contributed by atoms with Crippen LogP contribution >= 0.6 is 24.0 Å². The molecule has 2 aromatic rings. The van der Waals surface area contributed by atoms with Gasteiger partial charge in [0.15, 0.2) is 17.5 Å². The Balaban J connectivity index is 0.00000338. The molecule has 2 rings (SSSR count). The number of hydrogen-bond acceptors (Lipinski definition) is 3. The highest BCUT2D eigenvalue weighted by Gasteiger charge is 2.09. The van der Waals surface area contributed by atoms with Crippen molar-refractivity contribution in [2.45, 2.75) is 19.6 Å². The minimum atomic E-state index is -0.242. The quantitative estimate of drug-likeness (QED) is 0.367. The maximum Gasteiger partial charge on any atom is 0.191 e. The summed E-state index contributed by atoms with van der Waals surface area (Å²) >= 11 is 0. The normalized spacial score (nSPS) is 11.9. The third-order valence-electron chi connectivity index (χ3n) is 3.55. The second-order valence-corrected chi connectivity index (χ2v) is 5.51. The van der Waals surface area contributed by atoms with Gasteiger partial charge in [-0.15, -0.1) is 24.0 Å². The molecule has 0 heterocycles. The molecule has 0 radical (unpaired) electrons. The Bertz CT molecular complexity index is 695. The van der Waals surface area contributed by atoms with Crippen molar-refractivity contribution in [2.24, 2.45) is 4.99 Å². The maximum absolute atomic E-state index is 12.9. The highest BCUT2D eigenvalue weighted by atomic mass is 127. The third-order valence-corrected chi connectivity index (χ3v) is 3.55. The fourth-order valence-corrected chi connectivity index (χ4v) is 2.22. The smallest absolute Gasteiger partial charge is 0.191 e. The first-order valence-electron chi connectivity index (χ1n) is 8.11. The Labute approximate surface area is 171 Å². The van der Waals surface area contributed by atoms with Crippen molar-refractivity contribution < 1.29 is 13.9 Å². The predicted octanol–water partition coefficient (Wildman–Crippen LogP) is 3.58. The van der Waals surface area contributed by atoms with Crippen molar-refractivity contribution in [3.63, 3.8) is 0 Å². The monoisotopic (exact) mass is 473 g/mol. The van der Waals surface area contributed by atoms with Gasteiger partial charge in [-0.25, -0.2) is 4.39 Å². The molecular formula is C19H25FIN3O2. The van der Waals surface area contributed by atoms with Gasteiger partial charge in [-0.1, -0.05) is 24.3 Å². The average Bonchev–Trinajstić information content (AvgIpc) is 2.63. The summed E-state index contributed by atoms with van der Waals surface area (Å²) in [6.45, 7) is 3.09. The van der Waals surface area contributed by atoms with E-state index in [1.165, 1.54) is 12.1 Å². The highest BCUT2D eigenvalue weighted by molar-refractivity contribution is 14.0. The van der Waals surface area contributed by atoms with E-state index in [1.807, 2.05) is 31.2 Å². The molecule has 0 saturated heterocycles. The predicted molar refractivity (Wildman–Crippen MR) is 113 cm³/mol. The molecule has 1 unspecified atom stereocenters. The van der Waals surface area contributed by atoms with Crippen LogP contribution in [0.15, 0.2) is 53.5 Å². The van der Waals surface area contributed by atoms with Crippen molar-refractivity contribution in [3.8, 4) is 11.5 Å². The lowest BCUT2D eigenvalue weighted by molar-refractivity contribution is 0.213. The van der Waals surface area contributed by atoms with Gasteiger partial charge in [-0.3, -0.25) is 4.99 Å². The number of para-hydroxylation sites is 2. The van der Waals surface area contributed by atoms with Gasteiger partial charge in [-0.2, -0.15) is 0 Å². The van der Waals surface area contributed by atoms with Gasteiger partial charge in [0.2, 0.25) is 0 Å². The fraction of sp³-hybridized carbons (Fsp3) is 0.316. The van der Waals surface area contributed by atoms with E-state index >= 15 is 0 Å². The van der Waals surface area contributed by atoms with Crippen LogP contribution in [0.3, 0.4) is 0 Å². The first-order chi connectivity index (χ1) is 12.1. The number of benzene rings is 2. The van der Waals surface area contributed by atoms with E-state index in [1.54, 1.807) is 26.3 Å². The maximum atomic E-state index is 12.9. The Morgan fingerprint density at radius 1 is 1.08 bits per heavy atom. The molecular weight excluding hydrogens is 448 g/mol. The van der Waals surface area contributed by atoms with Gasteiger partial charge in [0.05, 0.1) is 13.7 Å². The Kier molecular flexibility index (Phi) is 9.79. The van der Waals surface area contributed by atoms with E-state index in [9.17, 15) is 4.39 Å². The standard InChI is InChI=1S/C19H24FN3O2.HI/c1-14(25-18-7-5-4-6-17(18)24-3)12-22-19(21-2)23-13-15-8-10-16(20)11-9-15;/h4-11,14H,12-13H2,1-3H3,(H2,21,22,23);1H. The molecule has 1 atom stereocenters. The van der Waals surface area contributed by atoms with E-state index in [0.29, 0.717) is 30.5 Å². The molecule has 0 aromatic heterocycles. The molecule has 2 aromatic carbocycles. The summed E-state index contributed by atoms with van der Waals surface area (Å²) in [5.74, 6) is 1.81. The minimum Gasteiger partial charge on any atom is -0.493 e. The molecule has 0 fully saturated rings. The molecule has 2 N–H and O–H groups in total. The van der Waals surface area contributed by atoms with Gasteiger partial charge in [-0.05, 0) is 36.8 Å². The number of guanidine groups is 1. The second kappa shape index (κ2) is 11.6. The first-order valence-corrected chi connectivity index (χ1v) is 8.11. The number of nitrogens with one attached hydrogen (secondary N) is 2. The second-order valence-electron chi connectivity index (χ2n) is 5.51. The lowest BCUT2D eigenvalue weighted by Crippen LogP contribution is -2.41. The number of ether oxygens (including phenoxy) is 2. The molecule has 7 heteroatoms. The van der Waals surface area contributed by atoms with Crippen LogP contribution in [0.1, 0.15) is 12.5 Å². The zero-order valence-corrected chi connectivity index (χ0v) is 17.5. The number of halogens is 2. The van der Waals surface area contributed by atoms with Crippen molar-refractivity contribution >= 4 is 29.9 Å². The van der Waals surface area contributed by atoms with Crippen molar-refractivity contribution in [2.75, 3.05) is 20.7 Å². The number of hydrogen-bond donors (Lipinski definition) is 2. The molecule has 0 bridgehead atoms. The van der Waals surface area contributed by atoms with Crippen molar-refractivity contribution in [3.05, 3.63) is 59.9 Å². The van der Waals surface area contributed by atoms with E-state index < -0.39 is 0 Å². The summed E-state index contributed by atoms with van der Waals surface area (Å²) < 4.78 is 24.1. The number of rotatable bonds is 7. The van der Waals surface area contributed by atoms with E-state index in [2.05, 4.69) is 15.6 Å². The Hall–Kier alpha value is -2.03. The molecule has 0 spiro atoms. The lowest BCUT2D eigenvalue weighted by atomic mass is 10.2.